The Morgan fingerprint density at radius 3 is 2.93 bits per heavy atom. The average molecular weight is 227 g/mol. The van der Waals surface area contributed by atoms with Crippen molar-refractivity contribution < 1.29 is 4.42 Å². The van der Waals surface area contributed by atoms with Crippen molar-refractivity contribution in [1.82, 2.24) is 10.2 Å². The van der Waals surface area contributed by atoms with Crippen molar-refractivity contribution in [2.24, 2.45) is 0 Å². The fourth-order valence-electron chi connectivity index (χ4n) is 0.974. The molecule has 0 saturated heterocycles. The molecule has 4 nitrogen and oxygen atoms in total. The number of hydrogen-bond acceptors (Lipinski definition) is 6. The van der Waals surface area contributed by atoms with Gasteiger partial charge in [0.25, 0.3) is 0 Å². The van der Waals surface area contributed by atoms with Gasteiger partial charge in [0.1, 0.15) is 11.5 Å². The molecule has 0 aliphatic rings. The quantitative estimate of drug-likeness (QED) is 0.815. The standard InChI is InChI=1S/C8H9N3OS2/c1-5-2-3-6(12-5)4-13-8-11-10-7(9)14-8/h2-3H,4H2,1H3,(H2,9,10). The Morgan fingerprint density at radius 1 is 1.50 bits per heavy atom. The lowest BCUT2D eigenvalue weighted by molar-refractivity contribution is 0.501. The number of thioether (sulfide) groups is 1. The van der Waals surface area contributed by atoms with E-state index < -0.39 is 0 Å². The second-order valence-electron chi connectivity index (χ2n) is 2.71. The molecule has 0 amide bonds. The van der Waals surface area contributed by atoms with E-state index in [1.807, 2.05) is 19.1 Å². The summed E-state index contributed by atoms with van der Waals surface area (Å²) in [6, 6.07) is 3.91. The SMILES string of the molecule is Cc1ccc(CSc2nnc(N)s2)o1. The van der Waals surface area contributed by atoms with Crippen molar-refractivity contribution in [3.05, 3.63) is 23.7 Å². The summed E-state index contributed by atoms with van der Waals surface area (Å²) in [6.45, 7) is 1.93. The molecule has 2 heterocycles. The summed E-state index contributed by atoms with van der Waals surface area (Å²) in [6.07, 6.45) is 0. The summed E-state index contributed by atoms with van der Waals surface area (Å²) in [5.74, 6) is 2.64. The van der Waals surface area contributed by atoms with E-state index >= 15 is 0 Å². The van der Waals surface area contributed by atoms with Gasteiger partial charge in [0.05, 0.1) is 5.75 Å². The van der Waals surface area contributed by atoms with E-state index in [9.17, 15) is 0 Å². The Bertz CT molecular complexity index is 383. The van der Waals surface area contributed by atoms with Gasteiger partial charge in [-0.3, -0.25) is 0 Å². The van der Waals surface area contributed by atoms with E-state index in [2.05, 4.69) is 10.2 Å². The molecule has 14 heavy (non-hydrogen) atoms. The highest BCUT2D eigenvalue weighted by Gasteiger charge is 2.04. The molecule has 74 valence electrons. The average Bonchev–Trinajstić information content (AvgIpc) is 2.72. The molecule has 0 atom stereocenters. The van der Waals surface area contributed by atoms with Crippen molar-refractivity contribution >= 4 is 28.2 Å². The van der Waals surface area contributed by atoms with Crippen molar-refractivity contribution in [3.8, 4) is 0 Å². The van der Waals surface area contributed by atoms with Gasteiger partial charge in [-0.25, -0.2) is 0 Å². The minimum Gasteiger partial charge on any atom is -0.465 e. The van der Waals surface area contributed by atoms with E-state index in [0.29, 0.717) is 5.13 Å². The van der Waals surface area contributed by atoms with Gasteiger partial charge in [-0.2, -0.15) is 0 Å². The first-order chi connectivity index (χ1) is 6.74. The van der Waals surface area contributed by atoms with Crippen molar-refractivity contribution in [2.45, 2.75) is 17.0 Å². The number of nitrogens with zero attached hydrogens (tertiary/aromatic N) is 2. The topological polar surface area (TPSA) is 64.9 Å². The lowest BCUT2D eigenvalue weighted by Gasteiger charge is -1.91. The number of aryl methyl sites for hydroxylation is 1. The van der Waals surface area contributed by atoms with Crippen LogP contribution in [0.4, 0.5) is 5.13 Å². The first kappa shape index (κ1) is 9.54. The Balaban J connectivity index is 1.94. The van der Waals surface area contributed by atoms with E-state index in [1.165, 1.54) is 11.3 Å². The smallest absolute Gasteiger partial charge is 0.203 e. The third kappa shape index (κ3) is 2.27. The van der Waals surface area contributed by atoms with E-state index in [-0.39, 0.29) is 0 Å². The van der Waals surface area contributed by atoms with Gasteiger partial charge in [-0.05, 0) is 19.1 Å². The van der Waals surface area contributed by atoms with Crippen LogP contribution in [0.25, 0.3) is 0 Å². The third-order valence-corrected chi connectivity index (χ3v) is 3.46. The summed E-state index contributed by atoms with van der Waals surface area (Å²) < 4.78 is 6.29. The number of furan rings is 1. The Kier molecular flexibility index (Phi) is 2.74. The maximum atomic E-state index is 5.46. The molecule has 0 unspecified atom stereocenters. The van der Waals surface area contributed by atoms with Crippen LogP contribution in [0.1, 0.15) is 11.5 Å². The molecule has 0 bridgehead atoms. The molecule has 0 saturated carbocycles. The monoisotopic (exact) mass is 227 g/mol. The van der Waals surface area contributed by atoms with Gasteiger partial charge in [-0.1, -0.05) is 23.1 Å². The zero-order chi connectivity index (χ0) is 9.97. The van der Waals surface area contributed by atoms with Gasteiger partial charge >= 0.3 is 0 Å². The molecule has 0 spiro atoms. The molecule has 0 radical (unpaired) electrons. The Labute approximate surface area is 89.5 Å². The largest absolute Gasteiger partial charge is 0.465 e. The minimum atomic E-state index is 0.503. The number of rotatable bonds is 3. The van der Waals surface area contributed by atoms with E-state index in [4.69, 9.17) is 10.2 Å². The summed E-state index contributed by atoms with van der Waals surface area (Å²) >= 11 is 2.97. The summed E-state index contributed by atoms with van der Waals surface area (Å²) in [5.41, 5.74) is 5.46. The second kappa shape index (κ2) is 4.02. The van der Waals surface area contributed by atoms with Gasteiger partial charge in [0.2, 0.25) is 5.13 Å². The molecule has 2 rings (SSSR count). The zero-order valence-corrected chi connectivity index (χ0v) is 9.19. The molecule has 2 N–H and O–H groups in total. The highest BCUT2D eigenvalue weighted by atomic mass is 32.2. The van der Waals surface area contributed by atoms with Crippen LogP contribution in [0.2, 0.25) is 0 Å². The molecule has 0 aromatic carbocycles. The lowest BCUT2D eigenvalue weighted by atomic mass is 10.5. The van der Waals surface area contributed by atoms with Gasteiger partial charge < -0.3 is 10.2 Å². The van der Waals surface area contributed by atoms with Crippen LogP contribution in [-0.4, -0.2) is 10.2 Å². The predicted molar refractivity (Wildman–Crippen MR) is 57.3 cm³/mol. The number of anilines is 1. The fraction of sp³-hybridized carbons (Fsp3) is 0.250. The predicted octanol–water partition coefficient (Wildman–Crippen LogP) is 2.31. The van der Waals surface area contributed by atoms with Crippen molar-refractivity contribution in [2.75, 3.05) is 5.73 Å². The Morgan fingerprint density at radius 2 is 2.36 bits per heavy atom. The van der Waals surface area contributed by atoms with Crippen molar-refractivity contribution in [3.63, 3.8) is 0 Å². The molecular formula is C8H9N3OS2. The van der Waals surface area contributed by atoms with Crippen LogP contribution >= 0.6 is 23.1 Å². The summed E-state index contributed by atoms with van der Waals surface area (Å²) in [7, 11) is 0. The van der Waals surface area contributed by atoms with Crippen LogP contribution in [0.15, 0.2) is 20.9 Å². The number of nitrogen functional groups attached to an aromatic ring is 1. The molecule has 2 aromatic heterocycles. The molecule has 0 fully saturated rings. The third-order valence-electron chi connectivity index (χ3n) is 1.56. The molecule has 0 aliphatic heterocycles. The van der Waals surface area contributed by atoms with Crippen molar-refractivity contribution in [1.29, 1.82) is 0 Å². The Hall–Kier alpha value is -1.01. The highest BCUT2D eigenvalue weighted by Crippen LogP contribution is 2.27. The van der Waals surface area contributed by atoms with Gasteiger partial charge in [0, 0.05) is 0 Å². The molecule has 6 heteroatoms. The van der Waals surface area contributed by atoms with Crippen LogP contribution in [0.3, 0.4) is 0 Å². The molecular weight excluding hydrogens is 218 g/mol. The molecule has 0 aliphatic carbocycles. The zero-order valence-electron chi connectivity index (χ0n) is 7.56. The normalized spacial score (nSPS) is 10.6. The second-order valence-corrected chi connectivity index (χ2v) is 4.94. The molecule has 2 aromatic rings. The maximum absolute atomic E-state index is 5.46. The van der Waals surface area contributed by atoms with Gasteiger partial charge in [0.15, 0.2) is 4.34 Å². The first-order valence-corrected chi connectivity index (χ1v) is 5.81. The lowest BCUT2D eigenvalue weighted by Crippen LogP contribution is -1.80. The number of hydrogen-bond donors (Lipinski definition) is 1. The highest BCUT2D eigenvalue weighted by molar-refractivity contribution is 8.00. The number of aromatic nitrogens is 2. The van der Waals surface area contributed by atoms with Gasteiger partial charge in [-0.15, -0.1) is 10.2 Å². The van der Waals surface area contributed by atoms with E-state index in [1.54, 1.807) is 11.8 Å². The first-order valence-electron chi connectivity index (χ1n) is 4.01. The summed E-state index contributed by atoms with van der Waals surface area (Å²) in [5, 5.41) is 8.13. The summed E-state index contributed by atoms with van der Waals surface area (Å²) in [4.78, 5) is 0. The van der Waals surface area contributed by atoms with Crippen LogP contribution in [-0.2, 0) is 5.75 Å². The fourth-order valence-corrected chi connectivity index (χ4v) is 2.50. The van der Waals surface area contributed by atoms with E-state index in [0.717, 1.165) is 21.6 Å². The van der Waals surface area contributed by atoms with Crippen LogP contribution in [0.5, 0.6) is 0 Å². The maximum Gasteiger partial charge on any atom is 0.203 e. The minimum absolute atomic E-state index is 0.503. The number of nitrogens with two attached hydrogens (primary N) is 1. The van der Waals surface area contributed by atoms with Crippen LogP contribution in [0, 0.1) is 6.92 Å². The van der Waals surface area contributed by atoms with Crippen LogP contribution < -0.4 is 5.73 Å².